The number of nitrogens with one attached hydrogen (secondary N) is 1. The number of nitrogens with two attached hydrogens (primary N) is 2. The molecule has 7 heteroatoms. The van der Waals surface area contributed by atoms with E-state index in [4.69, 9.17) is 23.1 Å². The monoisotopic (exact) mass is 275 g/mol. The minimum absolute atomic E-state index is 0.163. The van der Waals surface area contributed by atoms with Gasteiger partial charge in [0.2, 0.25) is 11.8 Å². The highest BCUT2D eigenvalue weighted by Gasteiger charge is 2.19. The smallest absolute Gasteiger partial charge is 0.237 e. The van der Waals surface area contributed by atoms with Crippen LogP contribution in [-0.2, 0) is 9.59 Å². The molecule has 2 atom stereocenters. The van der Waals surface area contributed by atoms with Crippen molar-refractivity contribution in [2.75, 3.05) is 0 Å². The number of thiophene rings is 1. The van der Waals surface area contributed by atoms with Gasteiger partial charge in [-0.15, -0.1) is 11.3 Å². The summed E-state index contributed by atoms with van der Waals surface area (Å²) in [5.41, 5.74) is 10.5. The summed E-state index contributed by atoms with van der Waals surface area (Å²) in [5, 5.41) is 2.69. The van der Waals surface area contributed by atoms with Gasteiger partial charge in [0.15, 0.2) is 0 Å². The Morgan fingerprint density at radius 2 is 2.18 bits per heavy atom. The molecule has 0 aromatic carbocycles. The van der Waals surface area contributed by atoms with Crippen LogP contribution in [0.2, 0.25) is 4.34 Å². The van der Waals surface area contributed by atoms with Crippen LogP contribution in [0, 0.1) is 0 Å². The van der Waals surface area contributed by atoms with E-state index in [9.17, 15) is 9.59 Å². The standard InChI is InChI=1S/C10H14ClN3O2S/c1-5(7-2-3-8(11)17-7)14-10(16)6(12)4-9(13)15/h2-3,5-6H,4,12H2,1H3,(H2,13,15)(H,14,16). The number of amides is 2. The molecule has 1 aromatic heterocycles. The average molecular weight is 276 g/mol. The van der Waals surface area contributed by atoms with E-state index >= 15 is 0 Å². The molecule has 17 heavy (non-hydrogen) atoms. The fourth-order valence-electron chi connectivity index (χ4n) is 1.26. The summed E-state index contributed by atoms with van der Waals surface area (Å²) in [7, 11) is 0. The van der Waals surface area contributed by atoms with Crippen LogP contribution in [0.15, 0.2) is 12.1 Å². The molecule has 2 unspecified atom stereocenters. The molecule has 0 saturated carbocycles. The Kier molecular flexibility index (Phi) is 4.92. The Morgan fingerprint density at radius 3 is 2.65 bits per heavy atom. The normalized spacial score (nSPS) is 14.1. The third kappa shape index (κ3) is 4.33. The second-order valence-electron chi connectivity index (χ2n) is 3.65. The summed E-state index contributed by atoms with van der Waals surface area (Å²) in [5.74, 6) is -1.000. The second-order valence-corrected chi connectivity index (χ2v) is 5.40. The van der Waals surface area contributed by atoms with E-state index in [0.29, 0.717) is 4.34 Å². The van der Waals surface area contributed by atoms with Gasteiger partial charge in [0.1, 0.15) is 0 Å². The number of carbonyl (C=O) groups excluding carboxylic acids is 2. The van der Waals surface area contributed by atoms with Gasteiger partial charge < -0.3 is 16.8 Å². The van der Waals surface area contributed by atoms with Crippen molar-refractivity contribution in [3.63, 3.8) is 0 Å². The molecule has 0 bridgehead atoms. The van der Waals surface area contributed by atoms with Gasteiger partial charge in [0.25, 0.3) is 0 Å². The zero-order valence-corrected chi connectivity index (χ0v) is 10.8. The highest BCUT2D eigenvalue weighted by Crippen LogP contribution is 2.26. The summed E-state index contributed by atoms with van der Waals surface area (Å²) >= 11 is 7.17. The summed E-state index contributed by atoms with van der Waals surface area (Å²) in [6.45, 7) is 1.82. The Bertz CT molecular complexity index is 421. The van der Waals surface area contributed by atoms with Crippen LogP contribution in [0.5, 0.6) is 0 Å². The molecule has 1 rings (SSSR count). The first-order chi connectivity index (χ1) is 7.90. The minimum Gasteiger partial charge on any atom is -0.370 e. The number of rotatable bonds is 5. The zero-order chi connectivity index (χ0) is 13.0. The van der Waals surface area contributed by atoms with E-state index in [1.807, 2.05) is 13.0 Å². The molecule has 0 fully saturated rings. The van der Waals surface area contributed by atoms with Crippen LogP contribution < -0.4 is 16.8 Å². The Morgan fingerprint density at radius 1 is 1.53 bits per heavy atom. The maximum absolute atomic E-state index is 11.6. The maximum Gasteiger partial charge on any atom is 0.237 e. The fourth-order valence-corrected chi connectivity index (χ4v) is 2.33. The first-order valence-electron chi connectivity index (χ1n) is 4.99. The van der Waals surface area contributed by atoms with Gasteiger partial charge in [0.05, 0.1) is 22.8 Å². The van der Waals surface area contributed by atoms with Crippen LogP contribution in [0.25, 0.3) is 0 Å². The lowest BCUT2D eigenvalue weighted by Crippen LogP contribution is -2.43. The Balaban J connectivity index is 2.53. The summed E-state index contributed by atoms with van der Waals surface area (Å²) < 4.78 is 0.655. The first kappa shape index (κ1) is 14.0. The molecule has 2 amide bonds. The number of carbonyl (C=O) groups is 2. The predicted octanol–water partition coefficient (Wildman–Crippen LogP) is 0.781. The van der Waals surface area contributed by atoms with Crippen molar-refractivity contribution in [3.05, 3.63) is 21.3 Å². The van der Waals surface area contributed by atoms with Crippen molar-refractivity contribution in [1.29, 1.82) is 0 Å². The predicted molar refractivity (Wildman–Crippen MR) is 67.7 cm³/mol. The lowest BCUT2D eigenvalue weighted by atomic mass is 10.2. The zero-order valence-electron chi connectivity index (χ0n) is 9.27. The van der Waals surface area contributed by atoms with Crippen molar-refractivity contribution in [3.8, 4) is 0 Å². The minimum atomic E-state index is -0.912. The molecular weight excluding hydrogens is 262 g/mol. The SMILES string of the molecule is CC(NC(=O)C(N)CC(N)=O)c1ccc(Cl)s1. The van der Waals surface area contributed by atoms with E-state index in [0.717, 1.165) is 4.88 Å². The largest absolute Gasteiger partial charge is 0.370 e. The van der Waals surface area contributed by atoms with Crippen molar-refractivity contribution in [2.45, 2.75) is 25.4 Å². The van der Waals surface area contributed by atoms with Crippen molar-refractivity contribution < 1.29 is 9.59 Å². The molecule has 0 saturated heterocycles. The van der Waals surface area contributed by atoms with Gasteiger partial charge in [-0.05, 0) is 19.1 Å². The molecule has 94 valence electrons. The van der Waals surface area contributed by atoms with Crippen LogP contribution in [0.1, 0.15) is 24.3 Å². The lowest BCUT2D eigenvalue weighted by Gasteiger charge is -2.15. The highest BCUT2D eigenvalue weighted by molar-refractivity contribution is 7.16. The number of primary amides is 1. The van der Waals surface area contributed by atoms with E-state index in [2.05, 4.69) is 5.32 Å². The molecule has 5 N–H and O–H groups in total. The van der Waals surface area contributed by atoms with Gasteiger partial charge in [-0.3, -0.25) is 9.59 Å². The van der Waals surface area contributed by atoms with Crippen LogP contribution >= 0.6 is 22.9 Å². The third-order valence-electron chi connectivity index (χ3n) is 2.14. The first-order valence-corrected chi connectivity index (χ1v) is 6.19. The maximum atomic E-state index is 11.6. The van der Waals surface area contributed by atoms with Gasteiger partial charge in [-0.1, -0.05) is 11.6 Å². The second kappa shape index (κ2) is 6.00. The van der Waals surface area contributed by atoms with Gasteiger partial charge in [-0.2, -0.15) is 0 Å². The lowest BCUT2D eigenvalue weighted by molar-refractivity contribution is -0.126. The van der Waals surface area contributed by atoms with Crippen molar-refractivity contribution >= 4 is 34.8 Å². The number of hydrogen-bond acceptors (Lipinski definition) is 4. The molecule has 0 radical (unpaired) electrons. The van der Waals surface area contributed by atoms with Crippen molar-refractivity contribution in [2.24, 2.45) is 11.5 Å². The average Bonchev–Trinajstić information content (AvgIpc) is 2.63. The van der Waals surface area contributed by atoms with Crippen LogP contribution in [0.3, 0.4) is 0 Å². The highest BCUT2D eigenvalue weighted by atomic mass is 35.5. The fraction of sp³-hybridized carbons (Fsp3) is 0.400. The van der Waals surface area contributed by atoms with Crippen molar-refractivity contribution in [1.82, 2.24) is 5.32 Å². The third-order valence-corrected chi connectivity index (χ3v) is 3.55. The van der Waals surface area contributed by atoms with Crippen LogP contribution in [0.4, 0.5) is 0 Å². The topological polar surface area (TPSA) is 98.2 Å². The van der Waals surface area contributed by atoms with E-state index in [-0.39, 0.29) is 12.5 Å². The number of hydrogen-bond donors (Lipinski definition) is 3. The van der Waals surface area contributed by atoms with Gasteiger partial charge >= 0.3 is 0 Å². The van der Waals surface area contributed by atoms with Gasteiger partial charge in [0, 0.05) is 4.88 Å². The molecule has 1 heterocycles. The summed E-state index contributed by atoms with van der Waals surface area (Å²) in [6, 6.07) is 2.48. The molecular formula is C10H14ClN3O2S. The van der Waals surface area contributed by atoms with E-state index in [1.165, 1.54) is 11.3 Å². The van der Waals surface area contributed by atoms with Gasteiger partial charge in [-0.25, -0.2) is 0 Å². The number of halogens is 1. The molecule has 0 aliphatic heterocycles. The molecule has 0 aliphatic rings. The quantitative estimate of drug-likeness (QED) is 0.741. The van der Waals surface area contributed by atoms with E-state index in [1.54, 1.807) is 6.07 Å². The molecule has 0 aliphatic carbocycles. The van der Waals surface area contributed by atoms with E-state index < -0.39 is 17.9 Å². The summed E-state index contributed by atoms with van der Waals surface area (Å²) in [6.07, 6.45) is -0.163. The summed E-state index contributed by atoms with van der Waals surface area (Å²) in [4.78, 5) is 23.1. The Hall–Kier alpha value is -1.11. The Labute approximate surface area is 108 Å². The molecule has 5 nitrogen and oxygen atoms in total. The van der Waals surface area contributed by atoms with Crippen LogP contribution in [-0.4, -0.2) is 17.9 Å². The molecule has 0 spiro atoms. The molecule has 1 aromatic rings.